The maximum absolute atomic E-state index is 11.6. The van der Waals surface area contributed by atoms with E-state index < -0.39 is 0 Å². The summed E-state index contributed by atoms with van der Waals surface area (Å²) in [4.78, 5) is 15.9. The molecule has 96 valence electrons. The number of methoxy groups -OCH3 is 1. The highest BCUT2D eigenvalue weighted by Crippen LogP contribution is 2.32. The number of carbonyl (C=O) groups is 1. The van der Waals surface area contributed by atoms with Gasteiger partial charge in [0.2, 0.25) is 5.91 Å². The zero-order valence-electron chi connectivity index (χ0n) is 10.3. The van der Waals surface area contributed by atoms with E-state index in [4.69, 9.17) is 10.5 Å². The molecule has 1 aromatic heterocycles. The first-order valence-corrected chi connectivity index (χ1v) is 6.40. The van der Waals surface area contributed by atoms with Crippen molar-refractivity contribution in [2.24, 2.45) is 5.73 Å². The molecule has 0 spiro atoms. The highest BCUT2D eigenvalue weighted by molar-refractivity contribution is 7.22. The Morgan fingerprint density at radius 1 is 1.61 bits per heavy atom. The van der Waals surface area contributed by atoms with Crippen LogP contribution in [0.25, 0.3) is 10.2 Å². The predicted molar refractivity (Wildman–Crippen MR) is 73.1 cm³/mol. The molecular weight excluding hydrogens is 250 g/mol. The number of hydrogen-bond donors (Lipinski definition) is 2. The van der Waals surface area contributed by atoms with Crippen LogP contribution >= 0.6 is 11.3 Å². The Kier molecular flexibility index (Phi) is 3.78. The first-order valence-electron chi connectivity index (χ1n) is 5.59. The van der Waals surface area contributed by atoms with Crippen LogP contribution in [0.4, 0.5) is 5.13 Å². The molecule has 0 aliphatic carbocycles. The third-order valence-electron chi connectivity index (χ3n) is 2.36. The van der Waals surface area contributed by atoms with Gasteiger partial charge in [-0.15, -0.1) is 0 Å². The number of benzene rings is 1. The van der Waals surface area contributed by atoms with Gasteiger partial charge in [-0.1, -0.05) is 17.4 Å². The molecule has 1 unspecified atom stereocenters. The second kappa shape index (κ2) is 5.32. The van der Waals surface area contributed by atoms with Crippen LogP contribution in [0.1, 0.15) is 13.3 Å². The molecule has 0 radical (unpaired) electrons. The van der Waals surface area contributed by atoms with Crippen molar-refractivity contribution in [2.45, 2.75) is 19.4 Å². The van der Waals surface area contributed by atoms with Gasteiger partial charge in [-0.05, 0) is 19.1 Å². The quantitative estimate of drug-likeness (QED) is 0.886. The number of nitrogens with one attached hydrogen (secondary N) is 1. The SMILES string of the molecule is COc1cccc2sc(NC(=O)CC(C)N)nc12. The summed E-state index contributed by atoms with van der Waals surface area (Å²) in [5, 5.41) is 3.32. The normalized spacial score (nSPS) is 12.4. The number of fused-ring (bicyclic) bond motifs is 1. The summed E-state index contributed by atoms with van der Waals surface area (Å²) in [5.74, 6) is 0.583. The molecule has 3 N–H and O–H groups in total. The average molecular weight is 265 g/mol. The summed E-state index contributed by atoms with van der Waals surface area (Å²) < 4.78 is 6.20. The summed E-state index contributed by atoms with van der Waals surface area (Å²) in [6, 6.07) is 5.52. The Morgan fingerprint density at radius 2 is 2.39 bits per heavy atom. The van der Waals surface area contributed by atoms with Crippen LogP contribution in [0.3, 0.4) is 0 Å². The van der Waals surface area contributed by atoms with Gasteiger partial charge < -0.3 is 15.8 Å². The monoisotopic (exact) mass is 265 g/mol. The van der Waals surface area contributed by atoms with E-state index in [2.05, 4.69) is 10.3 Å². The van der Waals surface area contributed by atoms with Crippen LogP contribution in [-0.4, -0.2) is 24.0 Å². The van der Waals surface area contributed by atoms with Gasteiger partial charge in [0.25, 0.3) is 0 Å². The van der Waals surface area contributed by atoms with Crippen molar-refractivity contribution in [1.29, 1.82) is 0 Å². The van der Waals surface area contributed by atoms with Crippen LogP contribution in [0, 0.1) is 0 Å². The molecule has 0 aliphatic rings. The Bertz CT molecular complexity index is 565. The molecule has 2 rings (SSSR count). The number of hydrogen-bond acceptors (Lipinski definition) is 5. The maximum atomic E-state index is 11.6. The first-order chi connectivity index (χ1) is 8.60. The van der Waals surface area contributed by atoms with E-state index >= 15 is 0 Å². The molecule has 1 atom stereocenters. The molecule has 6 heteroatoms. The lowest BCUT2D eigenvalue weighted by Crippen LogP contribution is -2.23. The van der Waals surface area contributed by atoms with Crippen LogP contribution in [0.2, 0.25) is 0 Å². The minimum absolute atomic E-state index is 0.122. The third-order valence-corrected chi connectivity index (χ3v) is 3.29. The van der Waals surface area contributed by atoms with Gasteiger partial charge in [0.05, 0.1) is 11.8 Å². The van der Waals surface area contributed by atoms with Crippen LogP contribution < -0.4 is 15.8 Å². The van der Waals surface area contributed by atoms with Crippen molar-refractivity contribution < 1.29 is 9.53 Å². The number of nitrogens with zero attached hydrogens (tertiary/aromatic N) is 1. The lowest BCUT2D eigenvalue weighted by atomic mass is 10.2. The van der Waals surface area contributed by atoms with Crippen molar-refractivity contribution in [3.63, 3.8) is 0 Å². The summed E-state index contributed by atoms with van der Waals surface area (Å²) in [6.45, 7) is 1.79. The van der Waals surface area contributed by atoms with E-state index in [0.717, 1.165) is 10.2 Å². The number of ether oxygens (including phenoxy) is 1. The molecule has 0 aliphatic heterocycles. The third kappa shape index (κ3) is 2.77. The number of aromatic nitrogens is 1. The van der Waals surface area contributed by atoms with E-state index in [1.807, 2.05) is 18.2 Å². The van der Waals surface area contributed by atoms with Crippen LogP contribution in [0.5, 0.6) is 5.75 Å². The minimum Gasteiger partial charge on any atom is -0.494 e. The summed E-state index contributed by atoms with van der Waals surface area (Å²) in [6.07, 6.45) is 0.285. The Morgan fingerprint density at radius 3 is 3.06 bits per heavy atom. The number of nitrogens with two attached hydrogens (primary N) is 1. The van der Waals surface area contributed by atoms with Crippen molar-refractivity contribution in [1.82, 2.24) is 4.98 Å². The number of thiazole rings is 1. The zero-order chi connectivity index (χ0) is 13.1. The Balaban J connectivity index is 2.22. The van der Waals surface area contributed by atoms with Crippen molar-refractivity contribution in [3.05, 3.63) is 18.2 Å². The van der Waals surface area contributed by atoms with Gasteiger partial charge in [-0.3, -0.25) is 4.79 Å². The number of para-hydroxylation sites is 1. The van der Waals surface area contributed by atoms with Gasteiger partial charge in [0.1, 0.15) is 11.3 Å². The molecule has 0 fully saturated rings. The van der Waals surface area contributed by atoms with E-state index in [0.29, 0.717) is 10.9 Å². The topological polar surface area (TPSA) is 77.2 Å². The second-order valence-electron chi connectivity index (χ2n) is 4.06. The Labute approximate surface area is 109 Å². The Hall–Kier alpha value is -1.66. The van der Waals surface area contributed by atoms with Crippen LogP contribution in [0.15, 0.2) is 18.2 Å². The van der Waals surface area contributed by atoms with E-state index in [1.54, 1.807) is 14.0 Å². The summed E-state index contributed by atoms with van der Waals surface area (Å²) in [7, 11) is 1.60. The predicted octanol–water partition coefficient (Wildman–Crippen LogP) is 1.98. The molecule has 5 nitrogen and oxygen atoms in total. The summed E-state index contributed by atoms with van der Waals surface area (Å²) in [5.41, 5.74) is 6.33. The second-order valence-corrected chi connectivity index (χ2v) is 5.09. The van der Waals surface area contributed by atoms with Crippen LogP contribution in [-0.2, 0) is 4.79 Å². The van der Waals surface area contributed by atoms with Crippen molar-refractivity contribution in [3.8, 4) is 5.75 Å². The highest BCUT2D eigenvalue weighted by Gasteiger charge is 2.11. The standard InChI is InChI=1S/C12H15N3O2S/c1-7(13)6-10(16)14-12-15-11-8(17-2)4-3-5-9(11)18-12/h3-5,7H,6,13H2,1-2H3,(H,14,15,16). The smallest absolute Gasteiger partial charge is 0.227 e. The molecular formula is C12H15N3O2S. The lowest BCUT2D eigenvalue weighted by molar-refractivity contribution is -0.116. The van der Waals surface area contributed by atoms with Gasteiger partial charge >= 0.3 is 0 Å². The molecule has 1 amide bonds. The lowest BCUT2D eigenvalue weighted by Gasteiger charge is -2.03. The number of carbonyl (C=O) groups excluding carboxylic acids is 1. The molecule has 1 aromatic carbocycles. The molecule has 2 aromatic rings. The molecule has 0 saturated carbocycles. The fourth-order valence-corrected chi connectivity index (χ4v) is 2.50. The average Bonchev–Trinajstić information content (AvgIpc) is 2.69. The zero-order valence-corrected chi connectivity index (χ0v) is 11.1. The van der Waals surface area contributed by atoms with Gasteiger partial charge in [0.15, 0.2) is 5.13 Å². The first kappa shape index (κ1) is 12.8. The number of amides is 1. The van der Waals surface area contributed by atoms with Crippen molar-refractivity contribution >= 4 is 32.6 Å². The highest BCUT2D eigenvalue weighted by atomic mass is 32.1. The van der Waals surface area contributed by atoms with Crippen molar-refractivity contribution in [2.75, 3.05) is 12.4 Å². The van der Waals surface area contributed by atoms with E-state index in [9.17, 15) is 4.79 Å². The van der Waals surface area contributed by atoms with Gasteiger partial charge in [0, 0.05) is 12.5 Å². The minimum atomic E-state index is -0.158. The van der Waals surface area contributed by atoms with Gasteiger partial charge in [-0.25, -0.2) is 4.98 Å². The fraction of sp³-hybridized carbons (Fsp3) is 0.333. The number of anilines is 1. The fourth-order valence-electron chi connectivity index (χ4n) is 1.60. The largest absolute Gasteiger partial charge is 0.494 e. The maximum Gasteiger partial charge on any atom is 0.227 e. The number of rotatable bonds is 4. The van der Waals surface area contributed by atoms with Gasteiger partial charge in [-0.2, -0.15) is 0 Å². The molecule has 18 heavy (non-hydrogen) atoms. The molecule has 1 heterocycles. The molecule has 0 bridgehead atoms. The van der Waals surface area contributed by atoms with E-state index in [1.165, 1.54) is 11.3 Å². The van der Waals surface area contributed by atoms with E-state index in [-0.39, 0.29) is 18.4 Å². The summed E-state index contributed by atoms with van der Waals surface area (Å²) >= 11 is 1.42. The molecule has 0 saturated heterocycles.